The third-order valence-corrected chi connectivity index (χ3v) is 3.69. The maximum absolute atomic E-state index is 11.0. The van der Waals surface area contributed by atoms with Gasteiger partial charge in [0.2, 0.25) is 0 Å². The Balaban J connectivity index is 2.82. The summed E-state index contributed by atoms with van der Waals surface area (Å²) in [6.07, 6.45) is -1.44. The molecule has 0 atom stereocenters. The van der Waals surface area contributed by atoms with Gasteiger partial charge in [0.15, 0.2) is 0 Å². The number of hydrogen-bond acceptors (Lipinski definition) is 4. The molecule has 0 aliphatic rings. The monoisotopic (exact) mass is 310 g/mol. The predicted molar refractivity (Wildman–Crippen MR) is 70.2 cm³/mol. The van der Waals surface area contributed by atoms with E-state index in [9.17, 15) is 9.13 Å². The first-order chi connectivity index (χ1) is 8.55. The third kappa shape index (κ3) is 7.44. The Hall–Kier alpha value is -0.720. The molecular formula is C9H16N2O6P2. The molecule has 0 saturated carbocycles. The van der Waals surface area contributed by atoms with E-state index in [2.05, 4.69) is 0 Å². The van der Waals surface area contributed by atoms with Crippen molar-refractivity contribution >= 4 is 20.9 Å². The summed E-state index contributed by atoms with van der Waals surface area (Å²) in [6, 6.07) is 6.45. The van der Waals surface area contributed by atoms with Crippen molar-refractivity contribution in [3.8, 4) is 0 Å². The number of nitrogen functional groups attached to an aromatic ring is 1. The molecule has 0 spiro atoms. The van der Waals surface area contributed by atoms with Crippen molar-refractivity contribution in [3.63, 3.8) is 0 Å². The van der Waals surface area contributed by atoms with Crippen LogP contribution >= 0.6 is 15.2 Å². The number of hydrogen-bond donors (Lipinski definition) is 5. The third-order valence-electron chi connectivity index (χ3n) is 2.15. The molecule has 1 rings (SSSR count). The Morgan fingerprint density at radius 2 is 1.37 bits per heavy atom. The van der Waals surface area contributed by atoms with Crippen LogP contribution in [-0.4, -0.2) is 37.0 Å². The lowest BCUT2D eigenvalue weighted by Gasteiger charge is -2.23. The van der Waals surface area contributed by atoms with E-state index in [-0.39, 0.29) is 6.54 Å². The molecule has 0 aliphatic carbocycles. The number of anilines is 1. The second-order valence-corrected chi connectivity index (χ2v) is 7.41. The first-order valence-electron chi connectivity index (χ1n) is 5.21. The summed E-state index contributed by atoms with van der Waals surface area (Å²) in [6.45, 7) is 0.0104. The lowest BCUT2D eigenvalue weighted by atomic mass is 10.2. The fourth-order valence-electron chi connectivity index (χ4n) is 1.55. The van der Waals surface area contributed by atoms with Gasteiger partial charge in [0.05, 0.1) is 0 Å². The van der Waals surface area contributed by atoms with Gasteiger partial charge in [-0.1, -0.05) is 12.1 Å². The first-order valence-corrected chi connectivity index (χ1v) is 8.81. The first kappa shape index (κ1) is 16.3. The molecule has 10 heteroatoms. The minimum Gasteiger partial charge on any atom is -0.399 e. The van der Waals surface area contributed by atoms with Gasteiger partial charge in [-0.25, -0.2) is 0 Å². The summed E-state index contributed by atoms with van der Waals surface area (Å²) in [4.78, 5) is 36.6. The molecule has 108 valence electrons. The van der Waals surface area contributed by atoms with Crippen LogP contribution < -0.4 is 5.73 Å². The van der Waals surface area contributed by atoms with Crippen molar-refractivity contribution in [2.75, 3.05) is 18.3 Å². The SMILES string of the molecule is Nc1ccc(CN(CP(=O)(O)O)CP(=O)(O)O)cc1. The molecule has 0 fully saturated rings. The van der Waals surface area contributed by atoms with E-state index in [1.54, 1.807) is 24.3 Å². The van der Waals surface area contributed by atoms with Crippen LogP contribution in [0.4, 0.5) is 5.69 Å². The highest BCUT2D eigenvalue weighted by molar-refractivity contribution is 7.52. The van der Waals surface area contributed by atoms with Crippen LogP contribution in [0.25, 0.3) is 0 Å². The van der Waals surface area contributed by atoms with E-state index in [0.717, 1.165) is 4.90 Å². The molecule has 0 aromatic heterocycles. The normalized spacial score (nSPS) is 12.9. The van der Waals surface area contributed by atoms with Gasteiger partial charge in [0.1, 0.15) is 12.6 Å². The van der Waals surface area contributed by atoms with Gasteiger partial charge < -0.3 is 25.3 Å². The van der Waals surface area contributed by atoms with Gasteiger partial charge in [0.25, 0.3) is 0 Å². The van der Waals surface area contributed by atoms with Crippen molar-refractivity contribution in [3.05, 3.63) is 29.8 Å². The van der Waals surface area contributed by atoms with E-state index in [0.29, 0.717) is 11.3 Å². The molecule has 8 nitrogen and oxygen atoms in total. The maximum Gasteiger partial charge on any atom is 0.339 e. The van der Waals surface area contributed by atoms with Gasteiger partial charge in [-0.2, -0.15) is 0 Å². The molecule has 0 bridgehead atoms. The number of nitrogens with zero attached hydrogens (tertiary/aromatic N) is 1. The summed E-state index contributed by atoms with van der Waals surface area (Å²) < 4.78 is 21.9. The van der Waals surface area contributed by atoms with Gasteiger partial charge in [0, 0.05) is 12.2 Å². The standard InChI is InChI=1S/C9H16N2O6P2/c10-9-3-1-8(2-4-9)5-11(6-18(12,13)14)7-19(15,16)17/h1-4H,5-7,10H2,(H2,12,13,14)(H2,15,16,17). The summed E-state index contributed by atoms with van der Waals surface area (Å²) >= 11 is 0. The highest BCUT2D eigenvalue weighted by Gasteiger charge is 2.25. The molecule has 0 amide bonds. The lowest BCUT2D eigenvalue weighted by molar-refractivity contribution is 0.273. The molecule has 1 aromatic carbocycles. The maximum atomic E-state index is 11.0. The number of nitrogens with two attached hydrogens (primary N) is 1. The van der Waals surface area contributed by atoms with Gasteiger partial charge >= 0.3 is 15.2 Å². The second-order valence-electron chi connectivity index (χ2n) is 4.18. The molecule has 19 heavy (non-hydrogen) atoms. The summed E-state index contributed by atoms with van der Waals surface area (Å²) in [5, 5.41) is 0. The average molecular weight is 310 g/mol. The Bertz CT molecular complexity index is 484. The zero-order chi connectivity index (χ0) is 14.7. The zero-order valence-corrected chi connectivity index (χ0v) is 11.7. The van der Waals surface area contributed by atoms with E-state index in [1.807, 2.05) is 0 Å². The van der Waals surface area contributed by atoms with Crippen molar-refractivity contribution < 1.29 is 28.7 Å². The molecule has 0 aliphatic heterocycles. The Kier molecular flexibility index (Phi) is 5.29. The average Bonchev–Trinajstić information content (AvgIpc) is 2.16. The fourth-order valence-corrected chi connectivity index (χ4v) is 3.15. The van der Waals surface area contributed by atoms with Crippen LogP contribution in [-0.2, 0) is 15.7 Å². The van der Waals surface area contributed by atoms with E-state index in [4.69, 9.17) is 25.3 Å². The minimum absolute atomic E-state index is 0.0104. The zero-order valence-electron chi connectivity index (χ0n) is 9.96. The highest BCUT2D eigenvalue weighted by atomic mass is 31.2. The second kappa shape index (κ2) is 6.15. The lowest BCUT2D eigenvalue weighted by Crippen LogP contribution is -2.25. The number of benzene rings is 1. The van der Waals surface area contributed by atoms with Crippen LogP contribution in [0.2, 0.25) is 0 Å². The van der Waals surface area contributed by atoms with E-state index >= 15 is 0 Å². The topological polar surface area (TPSA) is 144 Å². The van der Waals surface area contributed by atoms with Crippen molar-refractivity contribution in [2.24, 2.45) is 0 Å². The van der Waals surface area contributed by atoms with Crippen LogP contribution in [0.3, 0.4) is 0 Å². The molecule has 1 aromatic rings. The summed E-state index contributed by atoms with van der Waals surface area (Å²) in [5.74, 6) is 0. The minimum atomic E-state index is -4.40. The van der Waals surface area contributed by atoms with Gasteiger partial charge in [-0.3, -0.25) is 14.0 Å². The van der Waals surface area contributed by atoms with Gasteiger partial charge in [-0.05, 0) is 17.7 Å². The van der Waals surface area contributed by atoms with E-state index < -0.39 is 27.8 Å². The van der Waals surface area contributed by atoms with Crippen molar-refractivity contribution in [1.82, 2.24) is 4.90 Å². The quantitative estimate of drug-likeness (QED) is 0.374. The number of rotatable bonds is 6. The Labute approximate surface area is 110 Å². The summed E-state index contributed by atoms with van der Waals surface area (Å²) in [5.41, 5.74) is 6.68. The Morgan fingerprint density at radius 3 is 1.74 bits per heavy atom. The van der Waals surface area contributed by atoms with Crippen LogP contribution in [0.1, 0.15) is 5.56 Å². The molecule has 0 unspecified atom stereocenters. The molecule has 0 heterocycles. The van der Waals surface area contributed by atoms with Crippen LogP contribution in [0, 0.1) is 0 Å². The molecule has 6 N–H and O–H groups in total. The van der Waals surface area contributed by atoms with E-state index in [1.165, 1.54) is 0 Å². The van der Waals surface area contributed by atoms with Gasteiger partial charge in [-0.15, -0.1) is 0 Å². The molecule has 0 radical (unpaired) electrons. The molecule has 0 saturated heterocycles. The predicted octanol–water partition coefficient (Wildman–Crippen LogP) is 0.341. The van der Waals surface area contributed by atoms with Crippen molar-refractivity contribution in [1.29, 1.82) is 0 Å². The van der Waals surface area contributed by atoms with Crippen LogP contribution in [0.5, 0.6) is 0 Å². The van der Waals surface area contributed by atoms with Crippen LogP contribution in [0.15, 0.2) is 24.3 Å². The fraction of sp³-hybridized carbons (Fsp3) is 0.333. The Morgan fingerprint density at radius 1 is 0.947 bits per heavy atom. The smallest absolute Gasteiger partial charge is 0.339 e. The highest BCUT2D eigenvalue weighted by Crippen LogP contribution is 2.41. The molecular weight excluding hydrogens is 294 g/mol. The summed E-state index contributed by atoms with van der Waals surface area (Å²) in [7, 11) is -8.79. The van der Waals surface area contributed by atoms with Crippen molar-refractivity contribution in [2.45, 2.75) is 6.54 Å². The largest absolute Gasteiger partial charge is 0.399 e.